The van der Waals surface area contributed by atoms with Crippen LogP contribution in [-0.4, -0.2) is 16.2 Å². The number of halogens is 2. The molecule has 0 aliphatic carbocycles. The number of rotatable bonds is 2. The van der Waals surface area contributed by atoms with E-state index in [4.69, 9.17) is 5.26 Å². The van der Waals surface area contributed by atoms with Crippen LogP contribution < -0.4 is 5.56 Å². The molecule has 1 heterocycles. The minimum absolute atomic E-state index is 0.185. The van der Waals surface area contributed by atoms with Gasteiger partial charge in [0.05, 0.1) is 5.56 Å². The highest BCUT2D eigenvalue weighted by molar-refractivity contribution is 7.98. The molecule has 1 aromatic heterocycles. The Labute approximate surface area is 117 Å². The average Bonchev–Trinajstić information content (AvgIpc) is 2.43. The van der Waals surface area contributed by atoms with E-state index >= 15 is 0 Å². The van der Waals surface area contributed by atoms with Gasteiger partial charge >= 0.3 is 0 Å². The minimum Gasteiger partial charge on any atom is -0.300 e. The predicted octanol–water partition coefficient (Wildman–Crippen LogP) is 2.62. The highest BCUT2D eigenvalue weighted by Gasteiger charge is 2.21. The molecule has 0 unspecified atom stereocenters. The van der Waals surface area contributed by atoms with Crippen LogP contribution in [0.5, 0.6) is 0 Å². The van der Waals surface area contributed by atoms with Crippen LogP contribution in [0.1, 0.15) is 11.1 Å². The topological polar surface area (TPSA) is 69.5 Å². The van der Waals surface area contributed by atoms with Gasteiger partial charge in [0.15, 0.2) is 5.16 Å². The second-order valence-corrected chi connectivity index (χ2v) is 4.76. The summed E-state index contributed by atoms with van der Waals surface area (Å²) in [5.41, 5.74) is -1.66. The molecule has 0 spiro atoms. The number of hydrogen-bond donors (Lipinski definition) is 1. The van der Waals surface area contributed by atoms with Crippen molar-refractivity contribution in [3.63, 3.8) is 0 Å². The Morgan fingerprint density at radius 1 is 1.40 bits per heavy atom. The third-order valence-electron chi connectivity index (χ3n) is 2.72. The van der Waals surface area contributed by atoms with Gasteiger partial charge in [-0.15, -0.1) is 0 Å². The van der Waals surface area contributed by atoms with Crippen molar-refractivity contribution in [2.75, 3.05) is 6.26 Å². The number of H-pyrrole nitrogens is 1. The molecule has 0 aliphatic heterocycles. The normalized spacial score (nSPS) is 10.3. The molecule has 0 amide bonds. The van der Waals surface area contributed by atoms with Crippen molar-refractivity contribution in [2.24, 2.45) is 0 Å². The zero-order valence-electron chi connectivity index (χ0n) is 10.6. The van der Waals surface area contributed by atoms with Crippen LogP contribution in [0.4, 0.5) is 8.78 Å². The van der Waals surface area contributed by atoms with Crippen molar-refractivity contribution < 1.29 is 8.78 Å². The van der Waals surface area contributed by atoms with Gasteiger partial charge in [0.25, 0.3) is 5.56 Å². The summed E-state index contributed by atoms with van der Waals surface area (Å²) in [5, 5.41) is 9.20. The van der Waals surface area contributed by atoms with Gasteiger partial charge in [-0.2, -0.15) is 5.26 Å². The highest BCUT2D eigenvalue weighted by atomic mass is 32.2. The molecule has 0 saturated heterocycles. The van der Waals surface area contributed by atoms with Gasteiger partial charge in [0.1, 0.15) is 29.0 Å². The second kappa shape index (κ2) is 5.43. The van der Waals surface area contributed by atoms with E-state index in [9.17, 15) is 13.6 Å². The number of benzene rings is 1. The van der Waals surface area contributed by atoms with E-state index in [1.54, 1.807) is 12.3 Å². The van der Waals surface area contributed by atoms with Gasteiger partial charge < -0.3 is 4.98 Å². The maximum atomic E-state index is 14.1. The van der Waals surface area contributed by atoms with E-state index in [2.05, 4.69) is 9.97 Å². The van der Waals surface area contributed by atoms with Crippen molar-refractivity contribution in [3.8, 4) is 17.3 Å². The van der Waals surface area contributed by atoms with Gasteiger partial charge in [-0.3, -0.25) is 4.79 Å². The lowest BCUT2D eigenvalue weighted by molar-refractivity contribution is 0.582. The third kappa shape index (κ3) is 2.30. The Hall–Kier alpha value is -2.20. The first-order chi connectivity index (χ1) is 9.49. The van der Waals surface area contributed by atoms with E-state index in [-0.39, 0.29) is 16.4 Å². The lowest BCUT2D eigenvalue weighted by atomic mass is 10.0. The first-order valence-corrected chi connectivity index (χ1v) is 6.75. The van der Waals surface area contributed by atoms with E-state index in [1.807, 2.05) is 0 Å². The van der Waals surface area contributed by atoms with Gasteiger partial charge in [0.2, 0.25) is 0 Å². The SMILES string of the molecule is CSc1nc(-c2c(F)ccc(C)c2F)c(C#N)c(=O)[nH]1. The van der Waals surface area contributed by atoms with E-state index in [0.717, 1.165) is 17.8 Å². The molecular weight excluding hydrogens is 284 g/mol. The number of nitrogens with one attached hydrogen (secondary N) is 1. The average molecular weight is 293 g/mol. The van der Waals surface area contributed by atoms with Crippen molar-refractivity contribution in [1.29, 1.82) is 5.26 Å². The smallest absolute Gasteiger partial charge is 0.270 e. The first kappa shape index (κ1) is 14.2. The molecule has 0 aliphatic rings. The molecule has 2 rings (SSSR count). The predicted molar refractivity (Wildman–Crippen MR) is 71.4 cm³/mol. The molecule has 1 aromatic carbocycles. The van der Waals surface area contributed by atoms with Crippen LogP contribution in [0, 0.1) is 29.9 Å². The lowest BCUT2D eigenvalue weighted by Gasteiger charge is -2.09. The zero-order valence-corrected chi connectivity index (χ0v) is 11.4. The monoisotopic (exact) mass is 293 g/mol. The molecule has 0 bridgehead atoms. The summed E-state index contributed by atoms with van der Waals surface area (Å²) in [7, 11) is 0. The van der Waals surface area contributed by atoms with Crippen LogP contribution in [-0.2, 0) is 0 Å². The quantitative estimate of drug-likeness (QED) is 0.682. The number of thioether (sulfide) groups is 1. The summed E-state index contributed by atoms with van der Waals surface area (Å²) in [6.07, 6.45) is 1.65. The lowest BCUT2D eigenvalue weighted by Crippen LogP contribution is -2.15. The summed E-state index contributed by atoms with van der Waals surface area (Å²) in [4.78, 5) is 18.1. The van der Waals surface area contributed by atoms with Crippen molar-refractivity contribution in [1.82, 2.24) is 9.97 Å². The Balaban J connectivity index is 2.89. The summed E-state index contributed by atoms with van der Waals surface area (Å²) in [5.74, 6) is -1.69. The fourth-order valence-corrected chi connectivity index (χ4v) is 2.08. The van der Waals surface area contributed by atoms with Crippen molar-refractivity contribution in [3.05, 3.63) is 45.2 Å². The largest absolute Gasteiger partial charge is 0.300 e. The number of aromatic nitrogens is 2. The third-order valence-corrected chi connectivity index (χ3v) is 3.30. The number of nitriles is 1. The van der Waals surface area contributed by atoms with Crippen LogP contribution in [0.3, 0.4) is 0 Å². The molecule has 20 heavy (non-hydrogen) atoms. The number of nitrogens with zero attached hydrogens (tertiary/aromatic N) is 2. The molecule has 2 aromatic rings. The fourth-order valence-electron chi connectivity index (χ4n) is 1.71. The molecule has 0 fully saturated rings. The summed E-state index contributed by atoms with van der Waals surface area (Å²) in [6, 6.07) is 4.00. The van der Waals surface area contributed by atoms with Crippen LogP contribution in [0.15, 0.2) is 22.1 Å². The van der Waals surface area contributed by atoms with Gasteiger partial charge in [-0.05, 0) is 24.8 Å². The van der Waals surface area contributed by atoms with E-state index in [1.165, 1.54) is 13.0 Å². The molecule has 0 saturated carbocycles. The Morgan fingerprint density at radius 2 is 2.10 bits per heavy atom. The Kier molecular flexibility index (Phi) is 3.86. The maximum absolute atomic E-state index is 14.1. The van der Waals surface area contributed by atoms with Gasteiger partial charge in [-0.1, -0.05) is 17.8 Å². The Morgan fingerprint density at radius 3 is 2.70 bits per heavy atom. The van der Waals surface area contributed by atoms with Gasteiger partial charge in [-0.25, -0.2) is 13.8 Å². The minimum atomic E-state index is -0.866. The molecule has 0 radical (unpaired) electrons. The van der Waals surface area contributed by atoms with Crippen LogP contribution in [0.25, 0.3) is 11.3 Å². The van der Waals surface area contributed by atoms with Crippen LogP contribution >= 0.6 is 11.8 Å². The molecule has 4 nitrogen and oxygen atoms in total. The van der Waals surface area contributed by atoms with E-state index < -0.39 is 28.3 Å². The Bertz CT molecular complexity index is 780. The summed E-state index contributed by atoms with van der Waals surface area (Å²) < 4.78 is 28.0. The second-order valence-electron chi connectivity index (χ2n) is 3.96. The summed E-state index contributed by atoms with van der Waals surface area (Å²) in [6.45, 7) is 1.47. The maximum Gasteiger partial charge on any atom is 0.270 e. The molecule has 0 atom stereocenters. The molecule has 1 N–H and O–H groups in total. The summed E-state index contributed by atoms with van der Waals surface area (Å²) >= 11 is 1.11. The standard InChI is InChI=1S/C13H9F2N3OS/c1-6-3-4-8(14)9(10(6)15)11-7(5-16)12(19)18-13(17-11)20-2/h3-4H,1-2H3,(H,17,18,19). The number of hydrogen-bond acceptors (Lipinski definition) is 4. The molecule has 7 heteroatoms. The van der Waals surface area contributed by atoms with Crippen LogP contribution in [0.2, 0.25) is 0 Å². The zero-order chi connectivity index (χ0) is 14.9. The van der Waals surface area contributed by atoms with Crippen molar-refractivity contribution in [2.45, 2.75) is 12.1 Å². The van der Waals surface area contributed by atoms with Crippen molar-refractivity contribution >= 4 is 11.8 Å². The highest BCUT2D eigenvalue weighted by Crippen LogP contribution is 2.28. The first-order valence-electron chi connectivity index (χ1n) is 5.53. The fraction of sp³-hybridized carbons (Fsp3) is 0.154. The van der Waals surface area contributed by atoms with E-state index in [0.29, 0.717) is 0 Å². The van der Waals surface area contributed by atoms with Gasteiger partial charge in [0, 0.05) is 0 Å². The number of aryl methyl sites for hydroxylation is 1. The molecule has 102 valence electrons. The molecular formula is C13H9F2N3OS. The number of aromatic amines is 1.